The van der Waals surface area contributed by atoms with Gasteiger partial charge in [-0.2, -0.15) is 0 Å². The third-order valence-electron chi connectivity index (χ3n) is 3.13. The number of nitrogen functional groups attached to an aromatic ring is 1. The lowest BCUT2D eigenvalue weighted by molar-refractivity contribution is 0.0954. The number of anilines is 1. The van der Waals surface area contributed by atoms with Crippen LogP contribution < -0.4 is 15.8 Å². The zero-order valence-corrected chi connectivity index (χ0v) is 12.5. The van der Waals surface area contributed by atoms with E-state index in [0.717, 1.165) is 17.7 Å². The van der Waals surface area contributed by atoms with Gasteiger partial charge < -0.3 is 15.8 Å². The number of carbonyl (C=O) groups is 1. The van der Waals surface area contributed by atoms with Gasteiger partial charge in [-0.15, -0.1) is 0 Å². The van der Waals surface area contributed by atoms with Crippen LogP contribution in [-0.2, 0) is 6.42 Å². The molecule has 21 heavy (non-hydrogen) atoms. The lowest BCUT2D eigenvalue weighted by atomic mass is 10.1. The number of methoxy groups -OCH3 is 1. The number of benzene rings is 2. The maximum Gasteiger partial charge on any atom is 0.252 e. The first kappa shape index (κ1) is 15.2. The zero-order chi connectivity index (χ0) is 15.2. The van der Waals surface area contributed by atoms with Gasteiger partial charge in [-0.3, -0.25) is 4.79 Å². The second kappa shape index (κ2) is 6.99. The Morgan fingerprint density at radius 1 is 1.24 bits per heavy atom. The molecule has 0 heterocycles. The first-order chi connectivity index (χ1) is 10.1. The molecule has 0 spiro atoms. The fraction of sp³-hybridized carbons (Fsp3) is 0.188. The van der Waals surface area contributed by atoms with Crippen molar-refractivity contribution in [3.05, 3.63) is 58.6 Å². The predicted octanol–water partition coefficient (Wildman–Crippen LogP) is 2.90. The third kappa shape index (κ3) is 3.89. The smallest absolute Gasteiger partial charge is 0.252 e. The van der Waals surface area contributed by atoms with E-state index in [-0.39, 0.29) is 5.91 Å². The van der Waals surface area contributed by atoms with Crippen LogP contribution in [0.4, 0.5) is 5.69 Å². The van der Waals surface area contributed by atoms with Crippen molar-refractivity contribution in [1.82, 2.24) is 5.32 Å². The molecule has 0 atom stereocenters. The van der Waals surface area contributed by atoms with Crippen molar-refractivity contribution < 1.29 is 9.53 Å². The van der Waals surface area contributed by atoms with Crippen molar-refractivity contribution in [2.75, 3.05) is 19.4 Å². The van der Waals surface area contributed by atoms with Crippen LogP contribution in [-0.4, -0.2) is 19.6 Å². The molecule has 2 aromatic carbocycles. The van der Waals surface area contributed by atoms with Gasteiger partial charge in [0.25, 0.3) is 5.91 Å². The molecule has 0 fully saturated rings. The average molecular weight is 305 g/mol. The Bertz CT molecular complexity index is 627. The zero-order valence-electron chi connectivity index (χ0n) is 11.7. The molecule has 0 unspecified atom stereocenters. The highest BCUT2D eigenvalue weighted by atomic mass is 35.5. The molecule has 0 aliphatic carbocycles. The van der Waals surface area contributed by atoms with Gasteiger partial charge in [-0.1, -0.05) is 29.8 Å². The molecule has 1 amide bonds. The molecule has 0 radical (unpaired) electrons. The highest BCUT2D eigenvalue weighted by molar-refractivity contribution is 6.36. The minimum Gasteiger partial charge on any atom is -0.497 e. The highest BCUT2D eigenvalue weighted by Gasteiger charge is 2.11. The third-order valence-corrected chi connectivity index (χ3v) is 3.55. The van der Waals surface area contributed by atoms with Gasteiger partial charge in [0, 0.05) is 6.54 Å². The lowest BCUT2D eigenvalue weighted by Gasteiger charge is -2.08. The van der Waals surface area contributed by atoms with E-state index in [1.54, 1.807) is 25.3 Å². The summed E-state index contributed by atoms with van der Waals surface area (Å²) in [6, 6.07) is 12.8. The van der Waals surface area contributed by atoms with Crippen molar-refractivity contribution in [3.8, 4) is 5.75 Å². The molecule has 2 aromatic rings. The van der Waals surface area contributed by atoms with E-state index in [9.17, 15) is 4.79 Å². The summed E-state index contributed by atoms with van der Waals surface area (Å²) in [4.78, 5) is 12.0. The first-order valence-electron chi connectivity index (χ1n) is 6.57. The van der Waals surface area contributed by atoms with E-state index in [2.05, 4.69) is 5.32 Å². The van der Waals surface area contributed by atoms with Crippen LogP contribution in [0.5, 0.6) is 5.75 Å². The van der Waals surface area contributed by atoms with Crippen LogP contribution in [0.3, 0.4) is 0 Å². The standard InChI is InChI=1S/C16H17ClN2O2/c1-21-12-7-5-11(6-8-12)9-10-19-16(20)13-3-2-4-14(18)15(13)17/h2-8H,9-10,18H2,1H3,(H,19,20). The van der Waals surface area contributed by atoms with Gasteiger partial charge in [0.2, 0.25) is 0 Å². The van der Waals surface area contributed by atoms with Gasteiger partial charge in [0.05, 0.1) is 23.4 Å². The lowest BCUT2D eigenvalue weighted by Crippen LogP contribution is -2.26. The molecule has 0 saturated carbocycles. The molecule has 5 heteroatoms. The molecular weight excluding hydrogens is 288 g/mol. The monoisotopic (exact) mass is 304 g/mol. The minimum absolute atomic E-state index is 0.221. The quantitative estimate of drug-likeness (QED) is 0.835. The Hall–Kier alpha value is -2.20. The average Bonchev–Trinajstić information content (AvgIpc) is 2.50. The van der Waals surface area contributed by atoms with E-state index in [4.69, 9.17) is 22.1 Å². The topological polar surface area (TPSA) is 64.3 Å². The summed E-state index contributed by atoms with van der Waals surface area (Å²) in [6.07, 6.45) is 0.732. The SMILES string of the molecule is COc1ccc(CCNC(=O)c2cccc(N)c2Cl)cc1. The Labute approximate surface area is 128 Å². The molecule has 0 bridgehead atoms. The maximum absolute atomic E-state index is 12.0. The number of ether oxygens (including phenoxy) is 1. The van der Waals surface area contributed by atoms with Gasteiger partial charge in [0.15, 0.2) is 0 Å². The van der Waals surface area contributed by atoms with Gasteiger partial charge in [-0.05, 0) is 36.2 Å². The van der Waals surface area contributed by atoms with Crippen molar-refractivity contribution in [2.24, 2.45) is 0 Å². The number of amides is 1. The molecule has 0 saturated heterocycles. The second-order valence-corrected chi connectivity index (χ2v) is 4.94. The van der Waals surface area contributed by atoms with E-state index in [1.807, 2.05) is 24.3 Å². The number of carbonyl (C=O) groups excluding carboxylic acids is 1. The number of hydrogen-bond acceptors (Lipinski definition) is 3. The molecule has 0 aliphatic rings. The fourth-order valence-corrected chi connectivity index (χ4v) is 2.14. The Morgan fingerprint density at radius 2 is 1.95 bits per heavy atom. The molecule has 0 aromatic heterocycles. The summed E-state index contributed by atoms with van der Waals surface area (Å²) in [5.74, 6) is 0.593. The van der Waals surface area contributed by atoms with E-state index in [1.165, 1.54) is 0 Å². The Balaban J connectivity index is 1.90. The Kier molecular flexibility index (Phi) is 5.06. The largest absolute Gasteiger partial charge is 0.497 e. The van der Waals surface area contributed by atoms with Crippen LogP contribution >= 0.6 is 11.6 Å². The molecule has 110 valence electrons. The first-order valence-corrected chi connectivity index (χ1v) is 6.94. The van der Waals surface area contributed by atoms with Crippen LogP contribution in [0, 0.1) is 0 Å². The predicted molar refractivity (Wildman–Crippen MR) is 84.9 cm³/mol. The summed E-state index contributed by atoms with van der Waals surface area (Å²) in [5, 5.41) is 3.13. The minimum atomic E-state index is -0.221. The summed E-state index contributed by atoms with van der Waals surface area (Å²) in [7, 11) is 1.63. The fourth-order valence-electron chi connectivity index (χ4n) is 1.93. The van der Waals surface area contributed by atoms with Gasteiger partial charge in [-0.25, -0.2) is 0 Å². The van der Waals surface area contributed by atoms with Crippen molar-refractivity contribution in [1.29, 1.82) is 0 Å². The molecular formula is C16H17ClN2O2. The van der Waals surface area contributed by atoms with Crippen molar-refractivity contribution >= 4 is 23.2 Å². The molecule has 4 nitrogen and oxygen atoms in total. The molecule has 2 rings (SSSR count). The summed E-state index contributed by atoms with van der Waals surface area (Å²) >= 11 is 6.02. The number of hydrogen-bond donors (Lipinski definition) is 2. The van der Waals surface area contributed by atoms with Crippen LogP contribution in [0.25, 0.3) is 0 Å². The summed E-state index contributed by atoms with van der Waals surface area (Å²) in [6.45, 7) is 0.524. The number of nitrogens with one attached hydrogen (secondary N) is 1. The van der Waals surface area contributed by atoms with Crippen LogP contribution in [0.15, 0.2) is 42.5 Å². The molecule has 3 N–H and O–H groups in total. The molecule has 0 aliphatic heterocycles. The second-order valence-electron chi connectivity index (χ2n) is 4.56. The number of nitrogens with two attached hydrogens (primary N) is 1. The van der Waals surface area contributed by atoms with Gasteiger partial charge in [0.1, 0.15) is 5.75 Å². The van der Waals surface area contributed by atoms with E-state index >= 15 is 0 Å². The van der Waals surface area contributed by atoms with E-state index < -0.39 is 0 Å². The van der Waals surface area contributed by atoms with E-state index in [0.29, 0.717) is 22.8 Å². The summed E-state index contributed by atoms with van der Waals surface area (Å²) in [5.41, 5.74) is 7.60. The van der Waals surface area contributed by atoms with Crippen molar-refractivity contribution in [3.63, 3.8) is 0 Å². The summed E-state index contributed by atoms with van der Waals surface area (Å²) < 4.78 is 5.10. The number of halogens is 1. The Morgan fingerprint density at radius 3 is 2.62 bits per heavy atom. The van der Waals surface area contributed by atoms with Crippen molar-refractivity contribution in [2.45, 2.75) is 6.42 Å². The van der Waals surface area contributed by atoms with Crippen LogP contribution in [0.2, 0.25) is 5.02 Å². The maximum atomic E-state index is 12.0. The van der Waals surface area contributed by atoms with Gasteiger partial charge >= 0.3 is 0 Å². The normalized spacial score (nSPS) is 10.2. The highest BCUT2D eigenvalue weighted by Crippen LogP contribution is 2.22. The van der Waals surface area contributed by atoms with Crippen LogP contribution in [0.1, 0.15) is 15.9 Å². The number of rotatable bonds is 5.